The fraction of sp³-hybridized carbons (Fsp3) is 1.00. The van der Waals surface area contributed by atoms with Crippen LogP contribution in [-0.4, -0.2) is 109 Å². The van der Waals surface area contributed by atoms with Gasteiger partial charge in [-0.15, -0.1) is 0 Å². The number of hydrogen-bond donors (Lipinski definition) is 1. The van der Waals surface area contributed by atoms with Crippen molar-refractivity contribution < 1.29 is 0 Å². The van der Waals surface area contributed by atoms with E-state index in [1.54, 1.807) is 0 Å². The Morgan fingerprint density at radius 2 is 0.724 bits per heavy atom. The second-order valence-corrected chi connectivity index (χ2v) is 22.9. The van der Waals surface area contributed by atoms with Crippen molar-refractivity contribution in [2.24, 2.45) is 65.1 Å². The standard InChI is InChI=1S/C12H27N.2C11H23N.C10H21N.C9H19N/c1-9(2)12(10(3)4)7-8-13-11(5)6;1-9(2)11-5-7-12(8-6-11)10(3)4;1-9(2)11-6-5-7-12(8-11)10(3)4;1-8(2)10-5-6-11(7-10)9(3)4;1-7(2)9-5-10(6-9)8(3)4/h9-13H,7-8H2,1-6H3;2*9-11H,5-8H2,1-4H3;8-10H,5-7H2,1-4H3;7-9H,5-6H2,1-4H3. The summed E-state index contributed by atoms with van der Waals surface area (Å²) in [5.41, 5.74) is 0. The third kappa shape index (κ3) is 24.4. The molecule has 0 spiro atoms. The van der Waals surface area contributed by atoms with Crippen LogP contribution in [0.5, 0.6) is 0 Å². The van der Waals surface area contributed by atoms with E-state index >= 15 is 0 Å². The van der Waals surface area contributed by atoms with Gasteiger partial charge >= 0.3 is 0 Å². The summed E-state index contributed by atoms with van der Waals surface area (Å²) in [6, 6.07) is 3.62. The molecule has 5 heteroatoms. The molecule has 4 saturated heterocycles. The molecule has 0 aromatic rings. The molecule has 4 heterocycles. The topological polar surface area (TPSA) is 25.0 Å². The molecule has 0 aliphatic carbocycles. The zero-order valence-corrected chi connectivity index (χ0v) is 44.1. The van der Waals surface area contributed by atoms with Crippen LogP contribution in [0.1, 0.15) is 191 Å². The molecule has 0 aromatic heterocycles. The lowest BCUT2D eigenvalue weighted by Gasteiger charge is -2.44. The molecule has 2 atom stereocenters. The predicted octanol–water partition coefficient (Wildman–Crippen LogP) is 13.2. The second kappa shape index (κ2) is 30.8. The molecule has 2 unspecified atom stereocenters. The van der Waals surface area contributed by atoms with Gasteiger partial charge in [0, 0.05) is 56.4 Å². The quantitative estimate of drug-likeness (QED) is 0.188. The number of hydrogen-bond acceptors (Lipinski definition) is 5. The van der Waals surface area contributed by atoms with Crippen molar-refractivity contribution in [3.05, 3.63) is 0 Å². The van der Waals surface area contributed by atoms with Crippen molar-refractivity contribution >= 4 is 0 Å². The van der Waals surface area contributed by atoms with E-state index in [0.717, 1.165) is 89.3 Å². The van der Waals surface area contributed by atoms with E-state index < -0.39 is 0 Å². The van der Waals surface area contributed by atoms with Crippen molar-refractivity contribution in [3.63, 3.8) is 0 Å². The van der Waals surface area contributed by atoms with E-state index in [1.165, 1.54) is 97.4 Å². The molecule has 4 aliphatic heterocycles. The largest absolute Gasteiger partial charge is 0.315 e. The first kappa shape index (κ1) is 57.8. The van der Waals surface area contributed by atoms with Gasteiger partial charge in [0.05, 0.1) is 0 Å². The molecule has 4 fully saturated rings. The van der Waals surface area contributed by atoms with Crippen LogP contribution in [-0.2, 0) is 0 Å². The van der Waals surface area contributed by atoms with E-state index in [0.29, 0.717) is 6.04 Å². The minimum Gasteiger partial charge on any atom is -0.315 e. The van der Waals surface area contributed by atoms with Gasteiger partial charge < -0.3 is 24.9 Å². The summed E-state index contributed by atoms with van der Waals surface area (Å²) in [6.45, 7) is 62.6. The Morgan fingerprint density at radius 3 is 1.05 bits per heavy atom. The van der Waals surface area contributed by atoms with Gasteiger partial charge in [0.15, 0.2) is 0 Å². The fourth-order valence-corrected chi connectivity index (χ4v) is 9.35. The van der Waals surface area contributed by atoms with Gasteiger partial charge in [-0.25, -0.2) is 0 Å². The minimum atomic E-state index is 0.625. The summed E-state index contributed by atoms with van der Waals surface area (Å²) in [4.78, 5) is 10.3. The lowest BCUT2D eigenvalue weighted by Crippen LogP contribution is -2.51. The molecule has 4 aliphatic rings. The lowest BCUT2D eigenvalue weighted by atomic mass is 9.83. The van der Waals surface area contributed by atoms with E-state index in [1.807, 2.05) is 0 Å². The summed E-state index contributed by atoms with van der Waals surface area (Å²) in [5.74, 6) is 9.87. The van der Waals surface area contributed by atoms with Gasteiger partial charge in [-0.05, 0) is 192 Å². The lowest BCUT2D eigenvalue weighted by molar-refractivity contribution is 0.0408. The van der Waals surface area contributed by atoms with E-state index in [2.05, 4.69) is 177 Å². The van der Waals surface area contributed by atoms with Crippen LogP contribution in [0.2, 0.25) is 0 Å². The molecule has 0 bridgehead atoms. The Kier molecular flexibility index (Phi) is 30.7. The molecule has 0 saturated carbocycles. The average molecular weight is 821 g/mol. The Hall–Kier alpha value is -0.200. The third-order valence-corrected chi connectivity index (χ3v) is 14.7. The second-order valence-electron chi connectivity index (χ2n) is 22.9. The highest BCUT2D eigenvalue weighted by Crippen LogP contribution is 2.28. The predicted molar refractivity (Wildman–Crippen MR) is 264 cm³/mol. The fourth-order valence-electron chi connectivity index (χ4n) is 9.35. The van der Waals surface area contributed by atoms with Crippen molar-refractivity contribution in [1.82, 2.24) is 24.9 Å². The summed E-state index contributed by atoms with van der Waals surface area (Å²) in [7, 11) is 0. The summed E-state index contributed by atoms with van der Waals surface area (Å²) in [6.07, 6.45) is 8.40. The minimum absolute atomic E-state index is 0.625. The van der Waals surface area contributed by atoms with Crippen LogP contribution < -0.4 is 5.32 Å². The third-order valence-electron chi connectivity index (χ3n) is 14.7. The smallest absolute Gasteiger partial charge is 0.00388 e. The highest BCUT2D eigenvalue weighted by molar-refractivity contribution is 4.84. The molecule has 0 amide bonds. The molecule has 1 N–H and O–H groups in total. The highest BCUT2D eigenvalue weighted by atomic mass is 15.2. The summed E-state index contributed by atoms with van der Waals surface area (Å²) in [5, 5.41) is 3.49. The normalized spacial score (nSPS) is 22.0. The molecule has 4 rings (SSSR count). The van der Waals surface area contributed by atoms with E-state index in [-0.39, 0.29) is 0 Å². The van der Waals surface area contributed by atoms with E-state index in [9.17, 15) is 0 Å². The van der Waals surface area contributed by atoms with Crippen LogP contribution in [0.15, 0.2) is 0 Å². The van der Waals surface area contributed by atoms with Crippen LogP contribution in [0.3, 0.4) is 0 Å². The Labute approximate surface area is 368 Å². The number of likely N-dealkylation sites (tertiary alicyclic amines) is 4. The molecule has 58 heavy (non-hydrogen) atoms. The van der Waals surface area contributed by atoms with E-state index in [4.69, 9.17) is 0 Å². The zero-order chi connectivity index (χ0) is 44.9. The van der Waals surface area contributed by atoms with Gasteiger partial charge in [0.1, 0.15) is 0 Å². The first-order chi connectivity index (χ1) is 26.9. The molecule has 0 aromatic carbocycles. The molecular weight excluding hydrogens is 707 g/mol. The number of piperidine rings is 2. The first-order valence-electron chi connectivity index (χ1n) is 25.6. The molecular formula is C53H113N5. The SMILES string of the molecule is CC(C)C1CCCN(C(C)C)C1.CC(C)C1CCN(C(C)C)C1.CC(C)C1CCN(C(C)C)CC1.CC(C)C1CN(C(C)C)C1.CC(C)NCCC(C(C)C)C(C)C. The number of rotatable bonds is 14. The maximum atomic E-state index is 3.49. The maximum Gasteiger partial charge on any atom is 0.00388 e. The van der Waals surface area contributed by atoms with Crippen LogP contribution in [0.4, 0.5) is 0 Å². The average Bonchev–Trinajstić information content (AvgIpc) is 3.62. The first-order valence-corrected chi connectivity index (χ1v) is 25.6. The van der Waals surface area contributed by atoms with Crippen molar-refractivity contribution in [1.29, 1.82) is 0 Å². The molecule has 350 valence electrons. The van der Waals surface area contributed by atoms with Gasteiger partial charge in [-0.1, -0.05) is 96.9 Å². The van der Waals surface area contributed by atoms with Crippen molar-refractivity contribution in [3.8, 4) is 0 Å². The highest BCUT2D eigenvalue weighted by Gasteiger charge is 2.30. The number of nitrogens with zero attached hydrogens (tertiary/aromatic N) is 4. The van der Waals surface area contributed by atoms with Gasteiger partial charge in [0.2, 0.25) is 0 Å². The van der Waals surface area contributed by atoms with Gasteiger partial charge in [0.25, 0.3) is 0 Å². The Bertz CT molecular complexity index is 874. The van der Waals surface area contributed by atoms with Crippen molar-refractivity contribution in [2.75, 3.05) is 58.9 Å². The summed E-state index contributed by atoms with van der Waals surface area (Å²) < 4.78 is 0. The Balaban J connectivity index is 0.000000702. The van der Waals surface area contributed by atoms with Crippen LogP contribution >= 0.6 is 0 Å². The zero-order valence-electron chi connectivity index (χ0n) is 44.1. The monoisotopic (exact) mass is 820 g/mol. The van der Waals surface area contributed by atoms with Crippen molar-refractivity contribution in [2.45, 2.75) is 221 Å². The molecule has 5 nitrogen and oxygen atoms in total. The molecule has 0 radical (unpaired) electrons. The summed E-state index contributed by atoms with van der Waals surface area (Å²) >= 11 is 0. The van der Waals surface area contributed by atoms with Crippen LogP contribution in [0, 0.1) is 65.1 Å². The Morgan fingerprint density at radius 1 is 0.379 bits per heavy atom. The van der Waals surface area contributed by atoms with Crippen LogP contribution in [0.25, 0.3) is 0 Å². The van der Waals surface area contributed by atoms with Gasteiger partial charge in [-0.3, -0.25) is 0 Å². The maximum absolute atomic E-state index is 3.49. The van der Waals surface area contributed by atoms with Gasteiger partial charge in [-0.2, -0.15) is 0 Å². The number of nitrogens with one attached hydrogen (secondary N) is 1.